The molecule has 0 fully saturated rings. The molecule has 0 aliphatic rings. The molecule has 74 heavy (non-hydrogen) atoms. The van der Waals surface area contributed by atoms with Gasteiger partial charge >= 0.3 is 5.97 Å². The van der Waals surface area contributed by atoms with Crippen LogP contribution in [0.2, 0.25) is 0 Å². The normalized spacial score (nSPS) is 12.5. The van der Waals surface area contributed by atoms with Crippen LogP contribution in [-0.4, -0.2) is 47.4 Å². The average molecular weight is 1040 g/mol. The molecule has 6 heteroatoms. The number of hydrogen-bond acceptors (Lipinski definition) is 5. The SMILES string of the molecule is CCCCCCCCCCCCCCCC(O)C(CO)NC(=O)CCCCCCCCCCCCCCCCCC/C=C\CCCCCCCCCCCCCCOC(=O)CCCCCCCCCCCCCC. The molecule has 0 heterocycles. The lowest BCUT2D eigenvalue weighted by Crippen LogP contribution is -2.45. The molecule has 0 aliphatic heterocycles. The van der Waals surface area contributed by atoms with E-state index in [4.69, 9.17) is 4.74 Å². The van der Waals surface area contributed by atoms with E-state index in [2.05, 4.69) is 31.3 Å². The van der Waals surface area contributed by atoms with Crippen LogP contribution in [0, 0.1) is 0 Å². The molecule has 0 spiro atoms. The molecule has 6 nitrogen and oxygen atoms in total. The maximum Gasteiger partial charge on any atom is 0.305 e. The van der Waals surface area contributed by atoms with E-state index in [1.54, 1.807) is 0 Å². The number of esters is 1. The van der Waals surface area contributed by atoms with Crippen molar-refractivity contribution in [3.05, 3.63) is 12.2 Å². The maximum atomic E-state index is 12.5. The molecule has 0 radical (unpaired) electrons. The van der Waals surface area contributed by atoms with Crippen molar-refractivity contribution in [1.82, 2.24) is 5.32 Å². The Kier molecular flexibility index (Phi) is 62.9. The van der Waals surface area contributed by atoms with Crippen molar-refractivity contribution in [3.63, 3.8) is 0 Å². The highest BCUT2D eigenvalue weighted by atomic mass is 16.5. The van der Waals surface area contributed by atoms with Crippen LogP contribution in [0.3, 0.4) is 0 Å². The fraction of sp³-hybridized carbons (Fsp3) is 0.941. The minimum Gasteiger partial charge on any atom is -0.466 e. The van der Waals surface area contributed by atoms with Crippen LogP contribution in [-0.2, 0) is 14.3 Å². The molecule has 0 saturated heterocycles. The summed E-state index contributed by atoms with van der Waals surface area (Å²) in [6, 6.07) is -0.538. The number of rotatable bonds is 64. The number of carbonyl (C=O) groups excluding carboxylic acids is 2. The van der Waals surface area contributed by atoms with E-state index in [-0.39, 0.29) is 18.5 Å². The summed E-state index contributed by atoms with van der Waals surface area (Å²) in [6.45, 7) is 4.98. The van der Waals surface area contributed by atoms with E-state index in [1.165, 1.54) is 315 Å². The number of allylic oxidation sites excluding steroid dienone is 2. The molecule has 0 aromatic heterocycles. The second-order valence-corrected chi connectivity index (χ2v) is 23.5. The van der Waals surface area contributed by atoms with E-state index in [9.17, 15) is 19.8 Å². The summed E-state index contributed by atoms with van der Waals surface area (Å²) in [4.78, 5) is 24.5. The number of aliphatic hydroxyl groups excluding tert-OH is 2. The number of unbranched alkanes of at least 4 members (excludes halogenated alkanes) is 51. The van der Waals surface area contributed by atoms with Crippen LogP contribution in [0.1, 0.15) is 386 Å². The summed E-state index contributed by atoms with van der Waals surface area (Å²) in [5.74, 6) is -0.0106. The molecule has 1 amide bonds. The molecule has 0 aliphatic carbocycles. The van der Waals surface area contributed by atoms with Gasteiger partial charge in [0, 0.05) is 12.8 Å². The highest BCUT2D eigenvalue weighted by Gasteiger charge is 2.20. The monoisotopic (exact) mass is 1040 g/mol. The molecule has 0 rings (SSSR count). The highest BCUT2D eigenvalue weighted by Crippen LogP contribution is 2.19. The van der Waals surface area contributed by atoms with Gasteiger partial charge in [-0.2, -0.15) is 0 Å². The minimum absolute atomic E-state index is 0.0196. The van der Waals surface area contributed by atoms with Crippen LogP contribution in [0.4, 0.5) is 0 Å². The van der Waals surface area contributed by atoms with Crippen LogP contribution < -0.4 is 5.32 Å². The van der Waals surface area contributed by atoms with Gasteiger partial charge in [-0.25, -0.2) is 0 Å². The lowest BCUT2D eigenvalue weighted by molar-refractivity contribution is -0.143. The van der Waals surface area contributed by atoms with Crippen molar-refractivity contribution in [2.45, 2.75) is 398 Å². The first-order chi connectivity index (χ1) is 36.5. The molecule has 0 aromatic rings. The van der Waals surface area contributed by atoms with E-state index in [0.29, 0.717) is 25.9 Å². The molecule has 0 aromatic carbocycles. The van der Waals surface area contributed by atoms with Gasteiger partial charge in [0.2, 0.25) is 5.91 Å². The van der Waals surface area contributed by atoms with Crippen molar-refractivity contribution < 1.29 is 24.5 Å². The van der Waals surface area contributed by atoms with Crippen LogP contribution >= 0.6 is 0 Å². The van der Waals surface area contributed by atoms with Gasteiger partial charge in [-0.15, -0.1) is 0 Å². The van der Waals surface area contributed by atoms with Crippen molar-refractivity contribution in [2.75, 3.05) is 13.2 Å². The quantitative estimate of drug-likeness (QED) is 0.0320. The Balaban J connectivity index is 3.33. The van der Waals surface area contributed by atoms with Crippen molar-refractivity contribution in [1.29, 1.82) is 0 Å². The predicted octanol–water partition coefficient (Wildman–Crippen LogP) is 21.6. The lowest BCUT2D eigenvalue weighted by Gasteiger charge is -2.22. The van der Waals surface area contributed by atoms with Crippen LogP contribution in [0.25, 0.3) is 0 Å². The molecule has 0 saturated carbocycles. The van der Waals surface area contributed by atoms with Crippen molar-refractivity contribution in [2.24, 2.45) is 0 Å². The van der Waals surface area contributed by atoms with Gasteiger partial charge in [-0.05, 0) is 51.4 Å². The maximum absolute atomic E-state index is 12.5. The first-order valence-electron chi connectivity index (χ1n) is 33.9. The van der Waals surface area contributed by atoms with E-state index < -0.39 is 12.1 Å². The Morgan fingerprint density at radius 2 is 0.635 bits per heavy atom. The largest absolute Gasteiger partial charge is 0.466 e. The molecular formula is C68H133NO5. The average Bonchev–Trinajstić information content (AvgIpc) is 3.40. The Labute approximate surface area is 463 Å². The topological polar surface area (TPSA) is 95.9 Å². The third kappa shape index (κ3) is 59.8. The Morgan fingerprint density at radius 3 is 0.959 bits per heavy atom. The summed E-state index contributed by atoms with van der Waals surface area (Å²) in [5.41, 5.74) is 0. The second-order valence-electron chi connectivity index (χ2n) is 23.5. The third-order valence-corrected chi connectivity index (χ3v) is 16.1. The zero-order valence-electron chi connectivity index (χ0n) is 50.4. The summed E-state index contributed by atoms with van der Waals surface area (Å²) in [7, 11) is 0. The number of nitrogens with one attached hydrogen (secondary N) is 1. The third-order valence-electron chi connectivity index (χ3n) is 16.1. The molecule has 0 bridgehead atoms. The number of hydrogen-bond donors (Lipinski definition) is 3. The predicted molar refractivity (Wildman–Crippen MR) is 324 cm³/mol. The minimum atomic E-state index is -0.661. The molecule has 2 unspecified atom stereocenters. The van der Waals surface area contributed by atoms with E-state index >= 15 is 0 Å². The summed E-state index contributed by atoms with van der Waals surface area (Å²) in [5, 5.41) is 23.3. The van der Waals surface area contributed by atoms with Crippen LogP contribution in [0.5, 0.6) is 0 Å². The standard InChI is InChI=1S/C68H133NO5/c1-3-5-7-9-11-13-15-37-40-44-48-52-56-60-66(71)65(64-70)69-67(72)61-57-53-49-45-41-38-35-33-31-29-27-25-23-21-19-17-18-20-22-24-26-28-30-32-34-36-39-43-47-51-55-59-63-74-68(73)62-58-54-50-46-42-16-14-12-10-8-6-4-2/h20,22,65-66,70-71H,3-19,21,23-64H2,1-2H3,(H,69,72)/b22-20-. The van der Waals surface area contributed by atoms with Gasteiger partial charge in [0.05, 0.1) is 25.4 Å². The Hall–Kier alpha value is -1.40. The van der Waals surface area contributed by atoms with Crippen molar-refractivity contribution in [3.8, 4) is 0 Å². The lowest BCUT2D eigenvalue weighted by atomic mass is 10.0. The Morgan fingerprint density at radius 1 is 0.365 bits per heavy atom. The first kappa shape index (κ1) is 72.6. The highest BCUT2D eigenvalue weighted by molar-refractivity contribution is 5.76. The Bertz CT molecular complexity index is 1110. The molecule has 3 N–H and O–H groups in total. The number of aliphatic hydroxyl groups is 2. The van der Waals surface area contributed by atoms with Gasteiger partial charge in [-0.3, -0.25) is 9.59 Å². The number of amides is 1. The van der Waals surface area contributed by atoms with Crippen molar-refractivity contribution >= 4 is 11.9 Å². The van der Waals surface area contributed by atoms with E-state index in [1.807, 2.05) is 0 Å². The molecule has 2 atom stereocenters. The van der Waals surface area contributed by atoms with Gasteiger partial charge in [0.25, 0.3) is 0 Å². The fourth-order valence-corrected chi connectivity index (χ4v) is 10.9. The van der Waals surface area contributed by atoms with E-state index in [0.717, 1.165) is 38.5 Å². The molecule has 440 valence electrons. The molecular weight excluding hydrogens is 911 g/mol. The van der Waals surface area contributed by atoms with Gasteiger partial charge in [-0.1, -0.05) is 334 Å². The zero-order chi connectivity index (χ0) is 53.6. The number of ether oxygens (including phenoxy) is 1. The number of carbonyl (C=O) groups is 2. The fourth-order valence-electron chi connectivity index (χ4n) is 10.9. The summed E-state index contributed by atoms with van der Waals surface area (Å²) in [6.07, 6.45) is 78.3. The first-order valence-corrected chi connectivity index (χ1v) is 33.9. The summed E-state index contributed by atoms with van der Waals surface area (Å²) >= 11 is 0. The van der Waals surface area contributed by atoms with Gasteiger partial charge in [0.1, 0.15) is 0 Å². The summed E-state index contributed by atoms with van der Waals surface area (Å²) < 4.78 is 5.48. The second kappa shape index (κ2) is 64.1. The van der Waals surface area contributed by atoms with Gasteiger partial charge in [0.15, 0.2) is 0 Å². The van der Waals surface area contributed by atoms with Gasteiger partial charge < -0.3 is 20.3 Å². The zero-order valence-corrected chi connectivity index (χ0v) is 50.4. The van der Waals surface area contributed by atoms with Crippen LogP contribution in [0.15, 0.2) is 12.2 Å². The smallest absolute Gasteiger partial charge is 0.305 e.